The van der Waals surface area contributed by atoms with Gasteiger partial charge in [0.05, 0.1) is 18.7 Å². The zero-order valence-electron chi connectivity index (χ0n) is 18.9. The van der Waals surface area contributed by atoms with Gasteiger partial charge in [-0.05, 0) is 55.0 Å². The number of likely N-dealkylation sites (tertiary alicyclic amines) is 1. The van der Waals surface area contributed by atoms with Gasteiger partial charge in [0.25, 0.3) is 0 Å². The van der Waals surface area contributed by atoms with E-state index >= 15 is 0 Å². The smallest absolute Gasteiger partial charge is 0.392 e. The number of thiophene rings is 1. The molecule has 3 aromatic heterocycles. The van der Waals surface area contributed by atoms with Gasteiger partial charge in [0.2, 0.25) is 0 Å². The van der Waals surface area contributed by atoms with Crippen LogP contribution in [0.25, 0.3) is 21.1 Å². The van der Waals surface area contributed by atoms with E-state index in [1.54, 1.807) is 12.3 Å². The molecule has 1 aliphatic rings. The molecule has 5 rings (SSSR count). The Hall–Kier alpha value is -2.62. The van der Waals surface area contributed by atoms with Gasteiger partial charge in [0, 0.05) is 58.9 Å². The van der Waals surface area contributed by atoms with E-state index in [2.05, 4.69) is 51.4 Å². The number of H-pyrrole nitrogens is 1. The predicted octanol–water partition coefficient (Wildman–Crippen LogP) is 5.76. The minimum atomic E-state index is -4.26. The molecule has 0 unspecified atom stereocenters. The highest BCUT2D eigenvalue weighted by molar-refractivity contribution is 7.18. The topological polar surface area (TPSA) is 64.2 Å². The molecule has 34 heavy (non-hydrogen) atoms. The van der Waals surface area contributed by atoms with Crippen molar-refractivity contribution in [2.24, 2.45) is 0 Å². The maximum Gasteiger partial charge on any atom is 0.393 e. The van der Waals surface area contributed by atoms with Crippen LogP contribution in [-0.2, 0) is 19.6 Å². The van der Waals surface area contributed by atoms with Gasteiger partial charge in [-0.15, -0.1) is 11.3 Å². The highest BCUT2D eigenvalue weighted by atomic mass is 32.1. The van der Waals surface area contributed by atoms with Crippen molar-refractivity contribution in [2.45, 2.75) is 51.6 Å². The average Bonchev–Trinajstić information content (AvgIpc) is 3.35. The number of piperidine rings is 1. The lowest BCUT2D eigenvalue weighted by atomic mass is 10.0. The molecule has 1 saturated heterocycles. The molecule has 0 bridgehead atoms. The molecule has 4 heterocycles. The number of aryl methyl sites for hydroxylation is 1. The molecule has 4 aromatic rings. The predicted molar refractivity (Wildman–Crippen MR) is 130 cm³/mol. The van der Waals surface area contributed by atoms with Crippen molar-refractivity contribution in [1.82, 2.24) is 14.9 Å². The maximum atomic E-state index is 12.9. The summed E-state index contributed by atoms with van der Waals surface area (Å²) in [5.41, 5.74) is 4.92. The summed E-state index contributed by atoms with van der Waals surface area (Å²) in [5, 5.41) is 15.2. The van der Waals surface area contributed by atoms with Gasteiger partial charge in [-0.1, -0.05) is 6.07 Å². The highest BCUT2D eigenvalue weighted by Crippen LogP contribution is 2.36. The summed E-state index contributed by atoms with van der Waals surface area (Å²) in [6, 6.07) is 10.4. The van der Waals surface area contributed by atoms with Crippen LogP contribution in [0.5, 0.6) is 0 Å². The molecule has 0 aliphatic carbocycles. The summed E-state index contributed by atoms with van der Waals surface area (Å²) >= 11 is 1.06. The Kier molecular flexibility index (Phi) is 6.26. The molecule has 9 heteroatoms. The number of aliphatic hydroxyl groups is 1. The van der Waals surface area contributed by atoms with Crippen molar-refractivity contribution in [3.8, 4) is 0 Å². The molecule has 0 radical (unpaired) electrons. The van der Waals surface area contributed by atoms with E-state index in [4.69, 9.17) is 0 Å². The van der Waals surface area contributed by atoms with Gasteiger partial charge < -0.3 is 15.4 Å². The minimum absolute atomic E-state index is 0.188. The van der Waals surface area contributed by atoms with Crippen molar-refractivity contribution in [1.29, 1.82) is 0 Å². The third kappa shape index (κ3) is 5.06. The third-order valence-electron chi connectivity index (χ3n) is 6.40. The number of benzene rings is 1. The second-order valence-corrected chi connectivity index (χ2v) is 10.2. The number of aromatic amines is 1. The molecule has 1 aromatic carbocycles. The molecule has 0 saturated carbocycles. The third-order valence-corrected chi connectivity index (χ3v) is 7.44. The Labute approximate surface area is 199 Å². The van der Waals surface area contributed by atoms with Gasteiger partial charge in [0.15, 0.2) is 0 Å². The van der Waals surface area contributed by atoms with E-state index in [0.717, 1.165) is 55.0 Å². The minimum Gasteiger partial charge on any atom is -0.392 e. The van der Waals surface area contributed by atoms with E-state index in [1.807, 2.05) is 0 Å². The van der Waals surface area contributed by atoms with E-state index in [9.17, 15) is 18.3 Å². The van der Waals surface area contributed by atoms with Crippen molar-refractivity contribution < 1.29 is 18.3 Å². The summed E-state index contributed by atoms with van der Waals surface area (Å²) in [6.07, 6.45) is -1.83. The Bertz CT molecular complexity index is 1300. The molecular weight excluding hydrogens is 461 g/mol. The van der Waals surface area contributed by atoms with E-state index < -0.39 is 12.6 Å². The quantitative estimate of drug-likeness (QED) is 0.323. The first-order valence-corrected chi connectivity index (χ1v) is 12.2. The number of nitrogens with one attached hydrogen (secondary N) is 2. The molecule has 0 spiro atoms. The summed E-state index contributed by atoms with van der Waals surface area (Å²) < 4.78 is 38.7. The zero-order chi connectivity index (χ0) is 23.9. The summed E-state index contributed by atoms with van der Waals surface area (Å²) in [6.45, 7) is 4.58. The molecule has 180 valence electrons. The number of alkyl halides is 3. The van der Waals surface area contributed by atoms with E-state index in [-0.39, 0.29) is 17.5 Å². The number of anilines is 1. The highest BCUT2D eigenvalue weighted by Gasteiger charge is 2.29. The lowest BCUT2D eigenvalue weighted by Crippen LogP contribution is -2.38. The van der Waals surface area contributed by atoms with Crippen LogP contribution in [0.4, 0.5) is 18.9 Å². The lowest BCUT2D eigenvalue weighted by Gasteiger charge is -2.33. The van der Waals surface area contributed by atoms with E-state index in [0.29, 0.717) is 21.5 Å². The van der Waals surface area contributed by atoms with Crippen LogP contribution in [-0.4, -0.2) is 45.3 Å². The maximum absolute atomic E-state index is 12.9. The number of pyridine rings is 1. The van der Waals surface area contributed by atoms with E-state index in [1.165, 1.54) is 10.9 Å². The standard InChI is InChI=1S/C25H27F3N4OS/c1-15-8-17-9-16(2-3-22(17)30-15)13-32-6-4-19(5-7-32)31-23-18(14-33)12-29-24-21(23)10-20(34-24)11-25(26,27)28/h2-3,8-10,12,19,30,33H,4-7,11,13-14H2,1H3,(H,29,31). The number of rotatable bonds is 6. The van der Waals surface area contributed by atoms with Crippen molar-refractivity contribution >= 4 is 38.1 Å². The molecule has 3 N–H and O–H groups in total. The second-order valence-electron chi connectivity index (χ2n) is 9.11. The first-order valence-electron chi connectivity index (χ1n) is 11.4. The zero-order valence-corrected chi connectivity index (χ0v) is 19.7. The number of hydrogen-bond donors (Lipinski definition) is 3. The van der Waals surface area contributed by atoms with Gasteiger partial charge >= 0.3 is 6.18 Å². The Morgan fingerprint density at radius 1 is 1.21 bits per heavy atom. The fourth-order valence-corrected chi connectivity index (χ4v) is 5.82. The van der Waals surface area contributed by atoms with Crippen LogP contribution in [0.2, 0.25) is 0 Å². The second kappa shape index (κ2) is 9.20. The summed E-state index contributed by atoms with van der Waals surface area (Å²) in [4.78, 5) is 10.9. The number of hydrogen-bond acceptors (Lipinski definition) is 5. The molecular formula is C25H27F3N4OS. The van der Waals surface area contributed by atoms with Crippen molar-refractivity contribution in [3.63, 3.8) is 0 Å². The normalized spacial score (nSPS) is 16.0. The summed E-state index contributed by atoms with van der Waals surface area (Å²) in [7, 11) is 0. The Morgan fingerprint density at radius 3 is 2.74 bits per heavy atom. The van der Waals surface area contributed by atoms with Crippen LogP contribution >= 0.6 is 11.3 Å². The van der Waals surface area contributed by atoms with Gasteiger partial charge in [0.1, 0.15) is 4.83 Å². The van der Waals surface area contributed by atoms with Crippen LogP contribution in [0, 0.1) is 6.92 Å². The number of nitrogens with zero attached hydrogens (tertiary/aromatic N) is 2. The molecule has 0 amide bonds. The number of halogens is 3. The summed E-state index contributed by atoms with van der Waals surface area (Å²) in [5.74, 6) is 0. The Balaban J connectivity index is 1.26. The van der Waals surface area contributed by atoms with Gasteiger partial charge in [-0.3, -0.25) is 4.90 Å². The lowest BCUT2D eigenvalue weighted by molar-refractivity contribution is -0.126. The number of aromatic nitrogens is 2. The Morgan fingerprint density at radius 2 is 2.00 bits per heavy atom. The molecule has 1 fully saturated rings. The molecule has 5 nitrogen and oxygen atoms in total. The fourth-order valence-electron chi connectivity index (χ4n) is 4.78. The first kappa shape index (κ1) is 23.1. The van der Waals surface area contributed by atoms with Crippen molar-refractivity contribution in [3.05, 3.63) is 58.2 Å². The number of fused-ring (bicyclic) bond motifs is 2. The van der Waals surface area contributed by atoms with Crippen LogP contribution in [0.3, 0.4) is 0 Å². The number of aliphatic hydroxyl groups excluding tert-OH is 1. The van der Waals surface area contributed by atoms with Crippen LogP contribution < -0.4 is 5.32 Å². The SMILES string of the molecule is Cc1cc2cc(CN3CCC(Nc4c(CO)cnc5sc(CC(F)(F)F)cc45)CC3)ccc2[nH]1. The van der Waals surface area contributed by atoms with Gasteiger partial charge in [-0.25, -0.2) is 4.98 Å². The largest absolute Gasteiger partial charge is 0.393 e. The van der Waals surface area contributed by atoms with Gasteiger partial charge in [-0.2, -0.15) is 13.2 Å². The average molecular weight is 489 g/mol. The van der Waals surface area contributed by atoms with Crippen LogP contribution in [0.1, 0.15) is 34.5 Å². The molecule has 0 atom stereocenters. The molecule has 1 aliphatic heterocycles. The van der Waals surface area contributed by atoms with Crippen molar-refractivity contribution in [2.75, 3.05) is 18.4 Å². The first-order chi connectivity index (χ1) is 16.3. The monoisotopic (exact) mass is 488 g/mol. The fraction of sp³-hybridized carbons (Fsp3) is 0.400. The van der Waals surface area contributed by atoms with Crippen LogP contribution in [0.15, 0.2) is 36.5 Å².